The van der Waals surface area contributed by atoms with Crippen LogP contribution in [0.15, 0.2) is 19.1 Å². The second-order valence-corrected chi connectivity index (χ2v) is 4.20. The standard InChI is InChI=1S/C10H17N5S/c1-3-15(5-4-6-16-2)10-8(11)9(12)13-7-14-10/h3,7H,1,4-6,11H2,2H3,(H2,12,13,14). The average molecular weight is 239 g/mol. The molecule has 0 unspecified atom stereocenters. The van der Waals surface area contributed by atoms with E-state index in [0.29, 0.717) is 17.3 Å². The first-order valence-electron chi connectivity index (χ1n) is 4.94. The second-order valence-electron chi connectivity index (χ2n) is 3.22. The van der Waals surface area contributed by atoms with Crippen molar-refractivity contribution < 1.29 is 0 Å². The minimum absolute atomic E-state index is 0.307. The highest BCUT2D eigenvalue weighted by molar-refractivity contribution is 7.98. The summed E-state index contributed by atoms with van der Waals surface area (Å²) in [6.07, 6.45) is 6.23. The Hall–Kier alpha value is -1.43. The summed E-state index contributed by atoms with van der Waals surface area (Å²) in [7, 11) is 0. The Kier molecular flexibility index (Phi) is 4.91. The molecule has 0 fully saturated rings. The van der Waals surface area contributed by atoms with Crippen LogP contribution in [0.1, 0.15) is 6.42 Å². The lowest BCUT2D eigenvalue weighted by Gasteiger charge is -2.20. The quantitative estimate of drug-likeness (QED) is 0.729. The van der Waals surface area contributed by atoms with Crippen LogP contribution in [0.5, 0.6) is 0 Å². The van der Waals surface area contributed by atoms with Crippen molar-refractivity contribution in [2.24, 2.45) is 0 Å². The zero-order valence-electron chi connectivity index (χ0n) is 9.39. The molecule has 1 aromatic rings. The third-order valence-corrected chi connectivity index (χ3v) is 2.83. The lowest BCUT2D eigenvalue weighted by atomic mass is 10.3. The van der Waals surface area contributed by atoms with Crippen molar-refractivity contribution in [2.75, 3.05) is 34.9 Å². The van der Waals surface area contributed by atoms with Crippen LogP contribution in [0, 0.1) is 0 Å². The number of aromatic nitrogens is 2. The molecule has 88 valence electrons. The molecule has 0 aromatic carbocycles. The molecule has 0 aliphatic heterocycles. The van der Waals surface area contributed by atoms with Gasteiger partial charge in [0.05, 0.1) is 0 Å². The Balaban J connectivity index is 2.78. The largest absolute Gasteiger partial charge is 0.393 e. The zero-order valence-corrected chi connectivity index (χ0v) is 10.2. The fourth-order valence-corrected chi connectivity index (χ4v) is 1.71. The van der Waals surface area contributed by atoms with Crippen molar-refractivity contribution in [2.45, 2.75) is 6.42 Å². The Morgan fingerprint density at radius 2 is 2.25 bits per heavy atom. The van der Waals surface area contributed by atoms with Gasteiger partial charge in [0.15, 0.2) is 11.6 Å². The van der Waals surface area contributed by atoms with E-state index < -0.39 is 0 Å². The number of rotatable bonds is 6. The van der Waals surface area contributed by atoms with E-state index in [1.54, 1.807) is 18.0 Å². The van der Waals surface area contributed by atoms with Gasteiger partial charge in [-0.25, -0.2) is 9.97 Å². The highest BCUT2D eigenvalue weighted by atomic mass is 32.2. The fraction of sp³-hybridized carbons (Fsp3) is 0.400. The van der Waals surface area contributed by atoms with Crippen LogP contribution in [-0.4, -0.2) is 28.5 Å². The molecular formula is C10H17N5S. The van der Waals surface area contributed by atoms with Gasteiger partial charge >= 0.3 is 0 Å². The molecule has 1 rings (SSSR count). The summed E-state index contributed by atoms with van der Waals surface area (Å²) in [5.41, 5.74) is 11.9. The molecule has 6 heteroatoms. The van der Waals surface area contributed by atoms with Gasteiger partial charge in [-0.05, 0) is 24.6 Å². The van der Waals surface area contributed by atoms with E-state index in [4.69, 9.17) is 11.5 Å². The zero-order chi connectivity index (χ0) is 12.0. The van der Waals surface area contributed by atoms with Crippen LogP contribution in [-0.2, 0) is 0 Å². The summed E-state index contributed by atoms with van der Waals surface area (Å²) in [6.45, 7) is 4.57. The predicted molar refractivity (Wildman–Crippen MR) is 71.4 cm³/mol. The van der Waals surface area contributed by atoms with Crippen molar-refractivity contribution in [3.63, 3.8) is 0 Å². The normalized spacial score (nSPS) is 10.1. The van der Waals surface area contributed by atoms with Gasteiger partial charge in [0.1, 0.15) is 12.0 Å². The smallest absolute Gasteiger partial charge is 0.161 e. The minimum Gasteiger partial charge on any atom is -0.393 e. The van der Waals surface area contributed by atoms with Crippen LogP contribution in [0.4, 0.5) is 17.3 Å². The van der Waals surface area contributed by atoms with Gasteiger partial charge in [-0.3, -0.25) is 0 Å². The van der Waals surface area contributed by atoms with E-state index in [0.717, 1.165) is 18.7 Å². The third kappa shape index (κ3) is 3.03. The minimum atomic E-state index is 0.307. The lowest BCUT2D eigenvalue weighted by molar-refractivity contribution is 0.873. The van der Waals surface area contributed by atoms with Gasteiger partial charge in [-0.2, -0.15) is 11.8 Å². The molecule has 1 aromatic heterocycles. The van der Waals surface area contributed by atoms with E-state index in [-0.39, 0.29) is 0 Å². The topological polar surface area (TPSA) is 81.1 Å². The Morgan fingerprint density at radius 1 is 1.50 bits per heavy atom. The molecule has 5 nitrogen and oxygen atoms in total. The first kappa shape index (κ1) is 12.6. The first-order valence-corrected chi connectivity index (χ1v) is 6.34. The average Bonchev–Trinajstić information content (AvgIpc) is 2.29. The number of thioether (sulfide) groups is 1. The lowest BCUT2D eigenvalue weighted by Crippen LogP contribution is -2.21. The molecule has 0 bridgehead atoms. The predicted octanol–water partition coefficient (Wildman–Crippen LogP) is 1.34. The summed E-state index contributed by atoms with van der Waals surface area (Å²) >= 11 is 1.81. The number of hydrogen-bond acceptors (Lipinski definition) is 6. The van der Waals surface area contributed by atoms with Crippen molar-refractivity contribution in [1.29, 1.82) is 0 Å². The Bertz CT molecular complexity index is 355. The van der Waals surface area contributed by atoms with Gasteiger partial charge in [-0.15, -0.1) is 0 Å². The SMILES string of the molecule is C=CN(CCCSC)c1ncnc(N)c1N. The third-order valence-electron chi connectivity index (χ3n) is 2.13. The number of hydrogen-bond donors (Lipinski definition) is 2. The second kappa shape index (κ2) is 6.22. The van der Waals surface area contributed by atoms with Gasteiger partial charge in [0, 0.05) is 6.54 Å². The highest BCUT2D eigenvalue weighted by Gasteiger charge is 2.10. The number of nitrogens with zero attached hydrogens (tertiary/aromatic N) is 3. The molecule has 0 amide bonds. The summed E-state index contributed by atoms with van der Waals surface area (Å²) in [5, 5.41) is 0. The van der Waals surface area contributed by atoms with Crippen molar-refractivity contribution >= 4 is 29.1 Å². The molecule has 0 saturated heterocycles. The maximum Gasteiger partial charge on any atom is 0.161 e. The number of nitrogens with two attached hydrogens (primary N) is 2. The monoisotopic (exact) mass is 239 g/mol. The van der Waals surface area contributed by atoms with Crippen molar-refractivity contribution in [3.05, 3.63) is 19.1 Å². The maximum absolute atomic E-state index is 5.82. The summed E-state index contributed by atoms with van der Waals surface area (Å²) in [4.78, 5) is 9.84. The molecule has 0 radical (unpaired) electrons. The summed E-state index contributed by atoms with van der Waals surface area (Å²) in [6, 6.07) is 0. The van der Waals surface area contributed by atoms with Crippen LogP contribution >= 0.6 is 11.8 Å². The number of anilines is 3. The van der Waals surface area contributed by atoms with E-state index >= 15 is 0 Å². The Morgan fingerprint density at radius 3 is 2.88 bits per heavy atom. The molecule has 0 spiro atoms. The van der Waals surface area contributed by atoms with Crippen LogP contribution in [0.2, 0.25) is 0 Å². The molecule has 0 atom stereocenters. The van der Waals surface area contributed by atoms with Gasteiger partial charge in [0.25, 0.3) is 0 Å². The molecule has 0 saturated carbocycles. The van der Waals surface area contributed by atoms with E-state index in [9.17, 15) is 0 Å². The molecule has 0 aliphatic carbocycles. The van der Waals surface area contributed by atoms with Gasteiger partial charge in [-0.1, -0.05) is 6.58 Å². The summed E-state index contributed by atoms with van der Waals surface area (Å²) < 4.78 is 0. The Labute approximate surface area is 99.9 Å². The van der Waals surface area contributed by atoms with Crippen LogP contribution in [0.25, 0.3) is 0 Å². The number of nitrogen functional groups attached to an aromatic ring is 2. The van der Waals surface area contributed by atoms with E-state index in [2.05, 4.69) is 22.8 Å². The first-order chi connectivity index (χ1) is 7.70. The van der Waals surface area contributed by atoms with Gasteiger partial charge < -0.3 is 16.4 Å². The maximum atomic E-state index is 5.82. The fourth-order valence-electron chi connectivity index (χ4n) is 1.29. The van der Waals surface area contributed by atoms with Crippen molar-refractivity contribution in [3.8, 4) is 0 Å². The highest BCUT2D eigenvalue weighted by Crippen LogP contribution is 2.24. The molecule has 16 heavy (non-hydrogen) atoms. The summed E-state index contributed by atoms with van der Waals surface area (Å²) in [5.74, 6) is 2.02. The molecule has 0 aliphatic rings. The molecule has 4 N–H and O–H groups in total. The van der Waals surface area contributed by atoms with E-state index in [1.807, 2.05) is 4.90 Å². The van der Waals surface area contributed by atoms with Gasteiger partial charge in [0.2, 0.25) is 0 Å². The molecule has 1 heterocycles. The molecular weight excluding hydrogens is 222 g/mol. The van der Waals surface area contributed by atoms with Crippen LogP contribution in [0.3, 0.4) is 0 Å². The van der Waals surface area contributed by atoms with Crippen molar-refractivity contribution in [1.82, 2.24) is 9.97 Å². The van der Waals surface area contributed by atoms with Crippen LogP contribution < -0.4 is 16.4 Å². The van der Waals surface area contributed by atoms with E-state index in [1.165, 1.54) is 6.33 Å².